The average Bonchev–Trinajstić information content (AvgIpc) is 2.74. The van der Waals surface area contributed by atoms with Gasteiger partial charge in [-0.3, -0.25) is 14.9 Å². The number of hydrogen-bond acceptors (Lipinski definition) is 4. The molecule has 98 valence electrons. The Kier molecular flexibility index (Phi) is 3.91. The first-order valence-electron chi connectivity index (χ1n) is 5.66. The molecule has 0 bridgehead atoms. The number of nitrogens with one attached hydrogen (secondary N) is 2. The summed E-state index contributed by atoms with van der Waals surface area (Å²) in [7, 11) is 0. The minimum absolute atomic E-state index is 0.173. The van der Waals surface area contributed by atoms with E-state index in [4.69, 9.17) is 0 Å². The van der Waals surface area contributed by atoms with Crippen LogP contribution in [0.1, 0.15) is 23.0 Å². The van der Waals surface area contributed by atoms with Crippen LogP contribution < -0.4 is 10.6 Å². The number of thiazole rings is 1. The van der Waals surface area contributed by atoms with Gasteiger partial charge in [-0.05, 0) is 25.1 Å². The lowest BCUT2D eigenvalue weighted by Crippen LogP contribution is -2.13. The highest BCUT2D eigenvalue weighted by molar-refractivity contribution is 7.13. The Morgan fingerprint density at radius 3 is 2.68 bits per heavy atom. The number of nitrogens with zero attached hydrogens (tertiary/aromatic N) is 1. The maximum absolute atomic E-state index is 12.0. The van der Waals surface area contributed by atoms with Crippen molar-refractivity contribution in [2.45, 2.75) is 13.8 Å². The fourth-order valence-electron chi connectivity index (χ4n) is 1.52. The fraction of sp³-hybridized carbons (Fsp3) is 0.154. The molecule has 0 aliphatic carbocycles. The molecule has 5 nitrogen and oxygen atoms in total. The monoisotopic (exact) mass is 275 g/mol. The summed E-state index contributed by atoms with van der Waals surface area (Å²) < 4.78 is 0. The van der Waals surface area contributed by atoms with Crippen molar-refractivity contribution in [3.05, 3.63) is 40.9 Å². The van der Waals surface area contributed by atoms with Crippen molar-refractivity contribution in [1.82, 2.24) is 4.98 Å². The zero-order valence-corrected chi connectivity index (χ0v) is 11.4. The summed E-state index contributed by atoms with van der Waals surface area (Å²) in [6, 6.07) is 6.75. The number of aryl methyl sites for hydroxylation is 1. The van der Waals surface area contributed by atoms with E-state index in [9.17, 15) is 9.59 Å². The fourth-order valence-corrected chi connectivity index (χ4v) is 2.21. The second-order valence-corrected chi connectivity index (χ2v) is 4.87. The highest BCUT2D eigenvalue weighted by atomic mass is 32.1. The van der Waals surface area contributed by atoms with Gasteiger partial charge in [-0.1, -0.05) is 6.07 Å². The molecule has 0 spiro atoms. The standard InChI is InChI=1S/C13H13N3O2S/c1-8-7-19-13(14-8)16-12(18)10-4-3-5-11(6-10)15-9(2)17/h3-7H,1-2H3,(H,15,17)(H,14,16,18). The Hall–Kier alpha value is -2.21. The van der Waals surface area contributed by atoms with Crippen LogP contribution in [0.5, 0.6) is 0 Å². The molecule has 6 heteroatoms. The zero-order chi connectivity index (χ0) is 13.8. The Morgan fingerprint density at radius 1 is 1.26 bits per heavy atom. The van der Waals surface area contributed by atoms with Gasteiger partial charge in [-0.2, -0.15) is 0 Å². The maximum atomic E-state index is 12.0. The number of hydrogen-bond donors (Lipinski definition) is 2. The van der Waals surface area contributed by atoms with Crippen LogP contribution in [0.2, 0.25) is 0 Å². The second kappa shape index (κ2) is 5.62. The molecule has 1 aromatic carbocycles. The molecule has 2 N–H and O–H groups in total. The van der Waals surface area contributed by atoms with Gasteiger partial charge in [0.15, 0.2) is 5.13 Å². The Labute approximate surface area is 114 Å². The smallest absolute Gasteiger partial charge is 0.257 e. The summed E-state index contributed by atoms with van der Waals surface area (Å²) in [5, 5.41) is 7.78. The largest absolute Gasteiger partial charge is 0.326 e. The van der Waals surface area contributed by atoms with Crippen molar-refractivity contribution < 1.29 is 9.59 Å². The predicted octanol–water partition coefficient (Wildman–Crippen LogP) is 2.66. The van der Waals surface area contributed by atoms with E-state index in [0.717, 1.165) is 5.69 Å². The van der Waals surface area contributed by atoms with E-state index in [2.05, 4.69) is 15.6 Å². The summed E-state index contributed by atoms with van der Waals surface area (Å²) in [5.74, 6) is -0.422. The van der Waals surface area contributed by atoms with E-state index >= 15 is 0 Å². The summed E-state index contributed by atoms with van der Waals surface area (Å²) in [5.41, 5.74) is 1.93. The summed E-state index contributed by atoms with van der Waals surface area (Å²) >= 11 is 1.37. The van der Waals surface area contributed by atoms with Crippen LogP contribution in [0.25, 0.3) is 0 Å². The molecule has 0 radical (unpaired) electrons. The van der Waals surface area contributed by atoms with E-state index in [1.807, 2.05) is 12.3 Å². The van der Waals surface area contributed by atoms with E-state index in [1.54, 1.807) is 24.3 Å². The Bertz CT molecular complexity index is 622. The zero-order valence-electron chi connectivity index (χ0n) is 10.6. The lowest BCUT2D eigenvalue weighted by molar-refractivity contribution is -0.114. The van der Waals surface area contributed by atoms with Gasteiger partial charge >= 0.3 is 0 Å². The molecule has 0 fully saturated rings. The SMILES string of the molecule is CC(=O)Nc1cccc(C(=O)Nc2nc(C)cs2)c1. The van der Waals surface area contributed by atoms with E-state index in [0.29, 0.717) is 16.4 Å². The van der Waals surface area contributed by atoms with Gasteiger partial charge in [0.2, 0.25) is 5.91 Å². The molecular weight excluding hydrogens is 262 g/mol. The number of rotatable bonds is 3. The number of benzene rings is 1. The van der Waals surface area contributed by atoms with Gasteiger partial charge in [0, 0.05) is 23.6 Å². The molecule has 2 amide bonds. The quantitative estimate of drug-likeness (QED) is 0.904. The van der Waals surface area contributed by atoms with Crippen molar-refractivity contribution in [2.75, 3.05) is 10.6 Å². The molecular formula is C13H13N3O2S. The summed E-state index contributed by atoms with van der Waals surface area (Å²) in [6.45, 7) is 3.29. The highest BCUT2D eigenvalue weighted by Crippen LogP contribution is 2.17. The normalized spacial score (nSPS) is 10.0. The van der Waals surface area contributed by atoms with Crippen LogP contribution in [-0.4, -0.2) is 16.8 Å². The van der Waals surface area contributed by atoms with Crippen LogP contribution >= 0.6 is 11.3 Å². The van der Waals surface area contributed by atoms with Crippen LogP contribution in [-0.2, 0) is 4.79 Å². The number of carbonyl (C=O) groups is 2. The molecule has 2 rings (SSSR count). The topological polar surface area (TPSA) is 71.1 Å². The predicted molar refractivity (Wildman–Crippen MR) is 75.5 cm³/mol. The third-order valence-corrected chi connectivity index (χ3v) is 3.16. The third-order valence-electron chi connectivity index (χ3n) is 2.28. The van der Waals surface area contributed by atoms with Crippen LogP contribution in [0.4, 0.5) is 10.8 Å². The lowest BCUT2D eigenvalue weighted by Gasteiger charge is -2.05. The second-order valence-electron chi connectivity index (χ2n) is 4.01. The number of anilines is 2. The van der Waals surface area contributed by atoms with E-state index in [1.165, 1.54) is 18.3 Å². The Morgan fingerprint density at radius 2 is 2.05 bits per heavy atom. The molecule has 1 aromatic heterocycles. The van der Waals surface area contributed by atoms with Crippen LogP contribution in [0, 0.1) is 6.92 Å². The average molecular weight is 275 g/mol. The van der Waals surface area contributed by atoms with Gasteiger partial charge in [0.05, 0.1) is 5.69 Å². The van der Waals surface area contributed by atoms with Gasteiger partial charge in [0.1, 0.15) is 0 Å². The third kappa shape index (κ3) is 3.62. The minimum atomic E-state index is -0.249. The number of aromatic nitrogens is 1. The minimum Gasteiger partial charge on any atom is -0.326 e. The molecule has 0 atom stereocenters. The molecule has 0 saturated heterocycles. The molecule has 0 saturated carbocycles. The first kappa shape index (κ1) is 13.2. The van der Waals surface area contributed by atoms with E-state index in [-0.39, 0.29) is 11.8 Å². The summed E-state index contributed by atoms with van der Waals surface area (Å²) in [4.78, 5) is 27.1. The van der Waals surface area contributed by atoms with Gasteiger partial charge < -0.3 is 5.32 Å². The van der Waals surface area contributed by atoms with E-state index < -0.39 is 0 Å². The van der Waals surface area contributed by atoms with Crippen molar-refractivity contribution in [3.8, 4) is 0 Å². The first-order chi connectivity index (χ1) is 9.04. The van der Waals surface area contributed by atoms with Crippen LogP contribution in [0.15, 0.2) is 29.6 Å². The van der Waals surface area contributed by atoms with Crippen LogP contribution in [0.3, 0.4) is 0 Å². The maximum Gasteiger partial charge on any atom is 0.257 e. The molecule has 0 unspecified atom stereocenters. The molecule has 1 heterocycles. The van der Waals surface area contributed by atoms with Crippen molar-refractivity contribution >= 4 is 34.0 Å². The molecule has 2 aromatic rings. The Balaban J connectivity index is 2.12. The molecule has 19 heavy (non-hydrogen) atoms. The van der Waals surface area contributed by atoms with Gasteiger partial charge in [-0.25, -0.2) is 4.98 Å². The van der Waals surface area contributed by atoms with Gasteiger partial charge in [-0.15, -0.1) is 11.3 Å². The highest BCUT2D eigenvalue weighted by Gasteiger charge is 2.09. The van der Waals surface area contributed by atoms with Crippen molar-refractivity contribution in [3.63, 3.8) is 0 Å². The number of carbonyl (C=O) groups excluding carboxylic acids is 2. The number of amides is 2. The van der Waals surface area contributed by atoms with Gasteiger partial charge in [0.25, 0.3) is 5.91 Å². The van der Waals surface area contributed by atoms with Crippen molar-refractivity contribution in [1.29, 1.82) is 0 Å². The lowest BCUT2D eigenvalue weighted by atomic mass is 10.2. The first-order valence-corrected chi connectivity index (χ1v) is 6.53. The summed E-state index contributed by atoms with van der Waals surface area (Å²) in [6.07, 6.45) is 0. The molecule has 0 aliphatic heterocycles. The molecule has 0 aliphatic rings. The van der Waals surface area contributed by atoms with Crippen molar-refractivity contribution in [2.24, 2.45) is 0 Å².